The minimum absolute atomic E-state index is 0.0499. The van der Waals surface area contributed by atoms with Gasteiger partial charge in [0.15, 0.2) is 0 Å². The summed E-state index contributed by atoms with van der Waals surface area (Å²) in [7, 11) is 0. The molecule has 2 aliphatic rings. The molecule has 0 saturated carbocycles. The van der Waals surface area contributed by atoms with Gasteiger partial charge in [0.25, 0.3) is 0 Å². The molecule has 3 heterocycles. The molecule has 1 aromatic heterocycles. The van der Waals surface area contributed by atoms with Crippen molar-refractivity contribution < 1.29 is 9.53 Å². The third-order valence-corrected chi connectivity index (χ3v) is 5.30. The van der Waals surface area contributed by atoms with Gasteiger partial charge in [-0.15, -0.1) is 0 Å². The summed E-state index contributed by atoms with van der Waals surface area (Å²) < 4.78 is 5.95. The van der Waals surface area contributed by atoms with Crippen LogP contribution in [0.3, 0.4) is 0 Å². The second kappa shape index (κ2) is 7.62. The standard InChI is InChI=1S/C19H29N3O2/c1-15(2)21-18(23)17-5-6-19(14-24-17)7-10-22(11-8-19)13-16-4-3-9-20-12-16/h3-4,9,12,15,17H,5-8,10-11,13-14H2,1-2H3,(H,21,23). The van der Waals surface area contributed by atoms with E-state index in [0.29, 0.717) is 0 Å². The first-order valence-corrected chi connectivity index (χ1v) is 9.10. The van der Waals surface area contributed by atoms with Crippen LogP contribution in [0.15, 0.2) is 24.5 Å². The Morgan fingerprint density at radius 3 is 2.79 bits per heavy atom. The number of aromatic nitrogens is 1. The van der Waals surface area contributed by atoms with Crippen LogP contribution in [0.1, 0.15) is 45.1 Å². The Morgan fingerprint density at radius 1 is 1.42 bits per heavy atom. The SMILES string of the molecule is CC(C)NC(=O)C1CCC2(CCN(Cc3cccnc3)CC2)CO1. The van der Waals surface area contributed by atoms with E-state index in [1.165, 1.54) is 5.56 Å². The van der Waals surface area contributed by atoms with Crippen molar-refractivity contribution in [1.29, 1.82) is 0 Å². The fourth-order valence-electron chi connectivity index (χ4n) is 3.78. The molecule has 1 spiro atoms. The van der Waals surface area contributed by atoms with E-state index < -0.39 is 0 Å². The molecule has 2 aliphatic heterocycles. The second-order valence-electron chi connectivity index (χ2n) is 7.64. The molecule has 132 valence electrons. The van der Waals surface area contributed by atoms with Crippen molar-refractivity contribution in [2.75, 3.05) is 19.7 Å². The zero-order valence-corrected chi connectivity index (χ0v) is 14.8. The van der Waals surface area contributed by atoms with Gasteiger partial charge in [0.2, 0.25) is 5.91 Å². The highest BCUT2D eigenvalue weighted by atomic mass is 16.5. The highest BCUT2D eigenvalue weighted by Gasteiger charge is 2.40. The quantitative estimate of drug-likeness (QED) is 0.920. The largest absolute Gasteiger partial charge is 0.368 e. The van der Waals surface area contributed by atoms with Crippen LogP contribution in [0.4, 0.5) is 0 Å². The Bertz CT molecular complexity index is 529. The lowest BCUT2D eigenvalue weighted by molar-refractivity contribution is -0.145. The van der Waals surface area contributed by atoms with Gasteiger partial charge in [-0.25, -0.2) is 0 Å². The van der Waals surface area contributed by atoms with Gasteiger partial charge in [-0.1, -0.05) is 6.07 Å². The van der Waals surface area contributed by atoms with E-state index in [9.17, 15) is 4.79 Å². The highest BCUT2D eigenvalue weighted by molar-refractivity contribution is 5.81. The van der Waals surface area contributed by atoms with Crippen molar-refractivity contribution in [2.24, 2.45) is 5.41 Å². The van der Waals surface area contributed by atoms with Crippen LogP contribution in [0, 0.1) is 5.41 Å². The Kier molecular flexibility index (Phi) is 5.51. The molecule has 2 saturated heterocycles. The summed E-state index contributed by atoms with van der Waals surface area (Å²) >= 11 is 0. The number of rotatable bonds is 4. The molecule has 2 fully saturated rings. The van der Waals surface area contributed by atoms with Crippen molar-refractivity contribution in [3.63, 3.8) is 0 Å². The van der Waals surface area contributed by atoms with Crippen molar-refractivity contribution in [3.05, 3.63) is 30.1 Å². The van der Waals surface area contributed by atoms with Crippen LogP contribution in [0.2, 0.25) is 0 Å². The third kappa shape index (κ3) is 4.33. The van der Waals surface area contributed by atoms with E-state index in [2.05, 4.69) is 21.3 Å². The third-order valence-electron chi connectivity index (χ3n) is 5.30. The first kappa shape index (κ1) is 17.4. The Labute approximate surface area is 144 Å². The lowest BCUT2D eigenvalue weighted by Crippen LogP contribution is -2.49. The summed E-state index contributed by atoms with van der Waals surface area (Å²) in [5.74, 6) is 0.0499. The number of pyridine rings is 1. The molecule has 1 unspecified atom stereocenters. The number of likely N-dealkylation sites (tertiary alicyclic amines) is 1. The van der Waals surface area contributed by atoms with Gasteiger partial charge in [0, 0.05) is 25.0 Å². The van der Waals surface area contributed by atoms with Crippen LogP contribution >= 0.6 is 0 Å². The molecule has 1 N–H and O–H groups in total. The van der Waals surface area contributed by atoms with Crippen molar-refractivity contribution in [3.8, 4) is 0 Å². The van der Waals surface area contributed by atoms with Gasteiger partial charge in [-0.05, 0) is 69.7 Å². The number of nitrogens with zero attached hydrogens (tertiary/aromatic N) is 2. The molecule has 5 heteroatoms. The summed E-state index contributed by atoms with van der Waals surface area (Å²) in [4.78, 5) is 18.8. The van der Waals surface area contributed by atoms with Gasteiger partial charge >= 0.3 is 0 Å². The molecule has 0 aliphatic carbocycles. The van der Waals surface area contributed by atoms with Gasteiger partial charge in [-0.2, -0.15) is 0 Å². The topological polar surface area (TPSA) is 54.5 Å². The lowest BCUT2D eigenvalue weighted by Gasteiger charge is -2.45. The summed E-state index contributed by atoms with van der Waals surface area (Å²) in [5.41, 5.74) is 1.55. The van der Waals surface area contributed by atoms with Crippen LogP contribution < -0.4 is 5.32 Å². The molecule has 1 amide bonds. The fraction of sp³-hybridized carbons (Fsp3) is 0.684. The molecule has 0 aromatic carbocycles. The number of ether oxygens (including phenoxy) is 1. The maximum atomic E-state index is 12.1. The average Bonchev–Trinajstić information content (AvgIpc) is 2.58. The van der Waals surface area contributed by atoms with Crippen LogP contribution in [0.25, 0.3) is 0 Å². The number of carbonyl (C=O) groups is 1. The van der Waals surface area contributed by atoms with E-state index in [4.69, 9.17) is 4.74 Å². The van der Waals surface area contributed by atoms with Gasteiger partial charge < -0.3 is 10.1 Å². The molecule has 1 atom stereocenters. The smallest absolute Gasteiger partial charge is 0.249 e. The summed E-state index contributed by atoms with van der Waals surface area (Å²) in [6.07, 6.45) is 7.78. The molecule has 24 heavy (non-hydrogen) atoms. The predicted molar refractivity (Wildman–Crippen MR) is 93.4 cm³/mol. The predicted octanol–water partition coefficient (Wildman–Crippen LogP) is 2.37. The number of amides is 1. The number of piperidine rings is 1. The van der Waals surface area contributed by atoms with Crippen molar-refractivity contribution in [2.45, 2.75) is 58.2 Å². The zero-order valence-electron chi connectivity index (χ0n) is 14.8. The van der Waals surface area contributed by atoms with E-state index in [1.807, 2.05) is 32.3 Å². The molecule has 5 nitrogen and oxygen atoms in total. The Balaban J connectivity index is 1.46. The highest BCUT2D eigenvalue weighted by Crippen LogP contribution is 2.40. The molecular weight excluding hydrogens is 302 g/mol. The van der Waals surface area contributed by atoms with Crippen LogP contribution in [-0.4, -0.2) is 47.6 Å². The Hall–Kier alpha value is -1.46. The first-order valence-electron chi connectivity index (χ1n) is 9.10. The normalized spacial score (nSPS) is 24.2. The van der Waals surface area contributed by atoms with Crippen LogP contribution in [-0.2, 0) is 16.1 Å². The number of carbonyl (C=O) groups excluding carboxylic acids is 1. The van der Waals surface area contributed by atoms with E-state index >= 15 is 0 Å². The van der Waals surface area contributed by atoms with Gasteiger partial charge in [0.05, 0.1) is 6.61 Å². The van der Waals surface area contributed by atoms with E-state index in [0.717, 1.165) is 51.9 Å². The molecule has 0 radical (unpaired) electrons. The number of hydrogen-bond donors (Lipinski definition) is 1. The monoisotopic (exact) mass is 331 g/mol. The van der Waals surface area contributed by atoms with E-state index in [1.54, 1.807) is 0 Å². The first-order chi connectivity index (χ1) is 11.6. The lowest BCUT2D eigenvalue weighted by atomic mass is 9.73. The molecule has 3 rings (SSSR count). The minimum atomic E-state index is -0.258. The van der Waals surface area contributed by atoms with Crippen molar-refractivity contribution in [1.82, 2.24) is 15.2 Å². The van der Waals surface area contributed by atoms with E-state index in [-0.39, 0.29) is 23.5 Å². The second-order valence-corrected chi connectivity index (χ2v) is 7.64. The zero-order chi connectivity index (χ0) is 17.0. The maximum absolute atomic E-state index is 12.1. The number of nitrogens with one attached hydrogen (secondary N) is 1. The minimum Gasteiger partial charge on any atom is -0.368 e. The van der Waals surface area contributed by atoms with Crippen LogP contribution in [0.5, 0.6) is 0 Å². The molecule has 0 bridgehead atoms. The fourth-order valence-corrected chi connectivity index (χ4v) is 3.78. The van der Waals surface area contributed by atoms with Gasteiger partial charge in [-0.3, -0.25) is 14.7 Å². The summed E-state index contributed by atoms with van der Waals surface area (Å²) in [6, 6.07) is 4.31. The number of hydrogen-bond acceptors (Lipinski definition) is 4. The summed E-state index contributed by atoms with van der Waals surface area (Å²) in [5, 5.41) is 2.96. The average molecular weight is 331 g/mol. The molecule has 1 aromatic rings. The molecular formula is C19H29N3O2. The van der Waals surface area contributed by atoms with Gasteiger partial charge in [0.1, 0.15) is 6.10 Å². The summed E-state index contributed by atoms with van der Waals surface area (Å²) in [6.45, 7) is 7.87. The Morgan fingerprint density at radius 2 is 2.21 bits per heavy atom. The maximum Gasteiger partial charge on any atom is 0.249 e. The van der Waals surface area contributed by atoms with Crippen molar-refractivity contribution >= 4 is 5.91 Å².